The molecular formula is H7O5P3. The summed E-state index contributed by atoms with van der Waals surface area (Å²) < 4.78 is 8.46. The lowest BCUT2D eigenvalue weighted by Crippen LogP contribution is -1.54. The van der Waals surface area contributed by atoms with Crippen molar-refractivity contribution >= 4 is 27.2 Å². The van der Waals surface area contributed by atoms with E-state index in [0.29, 0.717) is 0 Å². The Morgan fingerprint density at radius 3 is 1.25 bits per heavy atom. The topological polar surface area (TPSA) is 98.0 Å². The molecule has 0 rings (SSSR count). The first-order chi connectivity index (χ1) is 3.15. The Kier molecular flexibility index (Phi) is 31.1. The van der Waals surface area contributed by atoms with E-state index in [2.05, 4.69) is 0 Å². The SMILES string of the molecule is O=PO.OP(O)O.P. The van der Waals surface area contributed by atoms with Gasteiger partial charge < -0.3 is 19.6 Å². The number of hydrogen-bond acceptors (Lipinski definition) is 4. The van der Waals surface area contributed by atoms with E-state index in [0.717, 1.165) is 0 Å². The van der Waals surface area contributed by atoms with Crippen molar-refractivity contribution in [1.29, 1.82) is 0 Å². The van der Waals surface area contributed by atoms with Gasteiger partial charge in [0, 0.05) is 0 Å². The van der Waals surface area contributed by atoms with Crippen LogP contribution in [0.1, 0.15) is 0 Å². The fourth-order valence-electron chi connectivity index (χ4n) is 0. The van der Waals surface area contributed by atoms with Crippen LogP contribution in [0.15, 0.2) is 0 Å². The molecule has 0 aromatic heterocycles. The molecular weight excluding hydrogens is 173 g/mol. The normalized spacial score (nSPS) is 7.12. The zero-order valence-electron chi connectivity index (χ0n) is 3.80. The highest BCUT2D eigenvalue weighted by Gasteiger charge is 1.76. The highest BCUT2D eigenvalue weighted by atomic mass is 31.2. The summed E-state index contributed by atoms with van der Waals surface area (Å²) in [4.78, 5) is 28.7. The molecule has 0 saturated carbocycles. The minimum absolute atomic E-state index is 0. The molecule has 52 valence electrons. The van der Waals surface area contributed by atoms with Crippen molar-refractivity contribution in [2.75, 3.05) is 0 Å². The van der Waals surface area contributed by atoms with Gasteiger partial charge in [-0.1, -0.05) is 0 Å². The smallest absolute Gasteiger partial charge is 0.324 e. The summed E-state index contributed by atoms with van der Waals surface area (Å²) in [5, 5.41) is 0. The van der Waals surface area contributed by atoms with Gasteiger partial charge in [0.25, 0.3) is 0 Å². The second kappa shape index (κ2) is 15.7. The van der Waals surface area contributed by atoms with E-state index in [9.17, 15) is 0 Å². The van der Waals surface area contributed by atoms with Crippen LogP contribution in [-0.2, 0) is 4.57 Å². The second-order valence-corrected chi connectivity index (χ2v) is 1.05. The largest absolute Gasteiger partial charge is 0.328 e. The average molecular weight is 180 g/mol. The van der Waals surface area contributed by atoms with E-state index >= 15 is 0 Å². The number of rotatable bonds is 0. The zero-order chi connectivity index (χ0) is 6.28. The molecule has 4 N–H and O–H groups in total. The molecule has 0 saturated heterocycles. The van der Waals surface area contributed by atoms with Gasteiger partial charge >= 0.3 is 17.3 Å². The summed E-state index contributed by atoms with van der Waals surface area (Å²) in [5.41, 5.74) is 0. The van der Waals surface area contributed by atoms with Gasteiger partial charge in [0.05, 0.1) is 0 Å². The quantitative estimate of drug-likeness (QED) is 0.374. The van der Waals surface area contributed by atoms with Crippen LogP contribution in [0.3, 0.4) is 0 Å². The monoisotopic (exact) mass is 180 g/mol. The molecule has 0 bridgehead atoms. The van der Waals surface area contributed by atoms with E-state index in [-0.39, 0.29) is 9.90 Å². The molecule has 0 amide bonds. The first kappa shape index (κ1) is 15.9. The van der Waals surface area contributed by atoms with E-state index < -0.39 is 17.3 Å². The van der Waals surface area contributed by atoms with Crippen LogP contribution in [0, 0.1) is 0 Å². The predicted molar refractivity (Wildman–Crippen MR) is 34.5 cm³/mol. The van der Waals surface area contributed by atoms with E-state index in [1.54, 1.807) is 0 Å². The van der Waals surface area contributed by atoms with Gasteiger partial charge in [-0.15, -0.1) is 0 Å². The van der Waals surface area contributed by atoms with Crippen molar-refractivity contribution in [3.05, 3.63) is 0 Å². The highest BCUT2D eigenvalue weighted by Crippen LogP contribution is 2.11. The molecule has 0 fully saturated rings. The molecule has 0 aliphatic heterocycles. The van der Waals surface area contributed by atoms with Crippen LogP contribution in [-0.4, -0.2) is 19.6 Å². The third-order valence-corrected chi connectivity index (χ3v) is 0. The van der Waals surface area contributed by atoms with Crippen LogP contribution in [0.2, 0.25) is 0 Å². The summed E-state index contributed by atoms with van der Waals surface area (Å²) in [6, 6.07) is 0. The second-order valence-electron chi connectivity index (χ2n) is 0.350. The van der Waals surface area contributed by atoms with Crippen LogP contribution in [0.25, 0.3) is 0 Å². The molecule has 8 heteroatoms. The predicted octanol–water partition coefficient (Wildman–Crippen LogP) is -0.566. The average Bonchev–Trinajstić information content (AvgIpc) is 1.33. The molecule has 0 radical (unpaired) electrons. The summed E-state index contributed by atoms with van der Waals surface area (Å²) in [5.74, 6) is 0. The van der Waals surface area contributed by atoms with Gasteiger partial charge in [-0.3, -0.25) is 0 Å². The Balaban J connectivity index is -0.0000000575. The van der Waals surface area contributed by atoms with Gasteiger partial charge in [0.2, 0.25) is 0 Å². The first-order valence-corrected chi connectivity index (χ1v) is 2.95. The van der Waals surface area contributed by atoms with Crippen LogP contribution < -0.4 is 0 Å². The number of hydrogen-bond donors (Lipinski definition) is 4. The summed E-state index contributed by atoms with van der Waals surface area (Å²) >= 11 is 0. The summed E-state index contributed by atoms with van der Waals surface area (Å²) in [6.07, 6.45) is 0. The molecule has 1 unspecified atom stereocenters. The Morgan fingerprint density at radius 2 is 1.25 bits per heavy atom. The fraction of sp³-hybridized carbons (Fsp3) is 0. The molecule has 8 heavy (non-hydrogen) atoms. The van der Waals surface area contributed by atoms with Gasteiger partial charge in [0.15, 0.2) is 0 Å². The Hall–Kier alpha value is 0.800. The molecule has 0 spiro atoms. The molecule has 0 aliphatic rings. The third-order valence-electron chi connectivity index (χ3n) is 0. The van der Waals surface area contributed by atoms with Gasteiger partial charge in [-0.05, 0) is 0 Å². The van der Waals surface area contributed by atoms with Gasteiger partial charge in [-0.25, -0.2) is 4.57 Å². The lowest BCUT2D eigenvalue weighted by atomic mass is 15.8. The first-order valence-electron chi connectivity index (χ1n) is 0.983. The third kappa shape index (κ3) is 357. The fourth-order valence-corrected chi connectivity index (χ4v) is 0. The molecule has 0 aromatic carbocycles. The van der Waals surface area contributed by atoms with Crippen molar-refractivity contribution in [2.45, 2.75) is 0 Å². The van der Waals surface area contributed by atoms with Crippen LogP contribution in [0.4, 0.5) is 0 Å². The van der Waals surface area contributed by atoms with Crippen molar-refractivity contribution in [3.8, 4) is 0 Å². The minimum atomic E-state index is -2.62. The molecule has 0 heterocycles. The van der Waals surface area contributed by atoms with Crippen LogP contribution >= 0.6 is 27.2 Å². The van der Waals surface area contributed by atoms with Crippen LogP contribution in [0.5, 0.6) is 0 Å². The Labute approximate surface area is 52.3 Å². The molecule has 5 nitrogen and oxygen atoms in total. The molecule has 0 aromatic rings. The Bertz CT molecular complexity index is 31.9. The maximum atomic E-state index is 8.46. The Morgan fingerprint density at radius 1 is 1.25 bits per heavy atom. The molecule has 1 atom stereocenters. The minimum Gasteiger partial charge on any atom is -0.328 e. The summed E-state index contributed by atoms with van der Waals surface area (Å²) in [6.45, 7) is 0. The molecule has 0 aliphatic carbocycles. The van der Waals surface area contributed by atoms with E-state index in [1.807, 2.05) is 0 Å². The lowest BCUT2D eigenvalue weighted by Gasteiger charge is -1.76. The van der Waals surface area contributed by atoms with Crippen molar-refractivity contribution < 1.29 is 24.1 Å². The lowest BCUT2D eigenvalue weighted by molar-refractivity contribution is 0.368. The zero-order valence-corrected chi connectivity index (χ0v) is 7.00. The van der Waals surface area contributed by atoms with Crippen molar-refractivity contribution in [2.24, 2.45) is 0 Å². The van der Waals surface area contributed by atoms with E-state index in [1.165, 1.54) is 0 Å². The van der Waals surface area contributed by atoms with Crippen molar-refractivity contribution in [1.82, 2.24) is 0 Å². The highest BCUT2D eigenvalue weighted by molar-refractivity contribution is 7.38. The maximum Gasteiger partial charge on any atom is 0.324 e. The summed E-state index contributed by atoms with van der Waals surface area (Å²) in [7, 11) is -3.45. The van der Waals surface area contributed by atoms with Crippen molar-refractivity contribution in [3.63, 3.8) is 0 Å². The maximum absolute atomic E-state index is 8.46. The van der Waals surface area contributed by atoms with Gasteiger partial charge in [0.1, 0.15) is 0 Å². The standard InChI is InChI=1S/H3O3P.HO2P.H3P/c1-4(2)3;1-3-2;/h1-3H;(H,1,2);1H3. The van der Waals surface area contributed by atoms with E-state index in [4.69, 9.17) is 24.1 Å². The van der Waals surface area contributed by atoms with Gasteiger partial charge in [-0.2, -0.15) is 9.90 Å².